The minimum atomic E-state index is 0.712. The number of hydrogen-bond donors (Lipinski definition) is 1. The van der Waals surface area contributed by atoms with Gasteiger partial charge < -0.3 is 5.21 Å². The van der Waals surface area contributed by atoms with Crippen molar-refractivity contribution in [1.29, 1.82) is 0 Å². The van der Waals surface area contributed by atoms with E-state index in [0.29, 0.717) is 5.82 Å². The molecule has 0 bridgehead atoms. The number of unbranched alkanes of at least 4 members (excludes halogenated alkanes) is 2. The third kappa shape index (κ3) is 2.09. The van der Waals surface area contributed by atoms with Gasteiger partial charge in [-0.25, -0.2) is 4.98 Å². The summed E-state index contributed by atoms with van der Waals surface area (Å²) in [6, 6.07) is 1.86. The second-order valence-electron chi connectivity index (χ2n) is 3.67. The lowest BCUT2D eigenvalue weighted by Gasteiger charge is -2.08. The Morgan fingerprint density at radius 2 is 2.20 bits per heavy atom. The van der Waals surface area contributed by atoms with Gasteiger partial charge in [-0.1, -0.05) is 19.8 Å². The van der Waals surface area contributed by atoms with Gasteiger partial charge in [0.05, 0.1) is 11.9 Å². The molecule has 0 aromatic rings. The second-order valence-corrected chi connectivity index (χ2v) is 3.67. The van der Waals surface area contributed by atoms with Gasteiger partial charge in [0.25, 0.3) is 0 Å². The van der Waals surface area contributed by atoms with E-state index >= 15 is 0 Å². The molecule has 2 aliphatic heterocycles. The van der Waals surface area contributed by atoms with Crippen molar-refractivity contribution in [3.8, 4) is 11.4 Å². The minimum absolute atomic E-state index is 0.712. The second kappa shape index (κ2) is 4.29. The summed E-state index contributed by atoms with van der Waals surface area (Å²) in [7, 11) is 0. The van der Waals surface area contributed by atoms with Crippen molar-refractivity contribution in [3.05, 3.63) is 24.3 Å². The normalized spacial score (nSPS) is 11.0. The first-order valence-corrected chi connectivity index (χ1v) is 5.33. The maximum atomic E-state index is 9.64. The molecule has 0 fully saturated rings. The number of fused-ring (bicyclic) bond motifs is 1. The van der Waals surface area contributed by atoms with Crippen LogP contribution in [0.4, 0.5) is 0 Å². The molecule has 2 heterocycles. The van der Waals surface area contributed by atoms with Gasteiger partial charge in [-0.15, -0.1) is 0 Å². The zero-order chi connectivity index (χ0) is 10.7. The van der Waals surface area contributed by atoms with E-state index in [1.165, 1.54) is 12.8 Å². The standard InChI is InChI=1S/C11H15N3O/c1-2-3-4-5-11-13-9-6-7-12-10(9)8-14(11)15/h6-8,15H,2-5H2,1H3. The average Bonchev–Trinajstić information content (AvgIpc) is 2.65. The summed E-state index contributed by atoms with van der Waals surface area (Å²) in [5.74, 6) is 0.712. The molecule has 0 unspecified atom stereocenters. The van der Waals surface area contributed by atoms with Crippen molar-refractivity contribution in [2.75, 3.05) is 0 Å². The van der Waals surface area contributed by atoms with E-state index in [2.05, 4.69) is 16.9 Å². The van der Waals surface area contributed by atoms with E-state index < -0.39 is 0 Å². The number of aryl methyl sites for hydroxylation is 1. The Morgan fingerprint density at radius 1 is 1.33 bits per heavy atom. The lowest BCUT2D eigenvalue weighted by Crippen LogP contribution is -2.07. The number of hydrogen-bond acceptors (Lipinski definition) is 3. The fraction of sp³-hybridized carbons (Fsp3) is 0.455. The van der Waals surface area contributed by atoms with Gasteiger partial charge in [-0.2, -0.15) is 4.73 Å². The summed E-state index contributed by atoms with van der Waals surface area (Å²) in [5, 5.41) is 9.64. The van der Waals surface area contributed by atoms with Gasteiger partial charge in [0, 0.05) is 12.6 Å². The first-order valence-electron chi connectivity index (χ1n) is 5.33. The fourth-order valence-corrected chi connectivity index (χ4v) is 1.62. The van der Waals surface area contributed by atoms with Gasteiger partial charge in [-0.3, -0.25) is 4.98 Å². The summed E-state index contributed by atoms with van der Waals surface area (Å²) in [4.78, 5) is 8.43. The molecule has 0 saturated heterocycles. The molecule has 1 N–H and O–H groups in total. The molecule has 0 aromatic heterocycles. The highest BCUT2D eigenvalue weighted by atomic mass is 16.5. The molecule has 0 atom stereocenters. The number of aromatic nitrogens is 3. The molecule has 0 aliphatic carbocycles. The maximum Gasteiger partial charge on any atom is 0.145 e. The third-order valence-electron chi connectivity index (χ3n) is 2.47. The van der Waals surface area contributed by atoms with Crippen LogP contribution >= 0.6 is 0 Å². The van der Waals surface area contributed by atoms with E-state index in [4.69, 9.17) is 0 Å². The van der Waals surface area contributed by atoms with Crippen LogP contribution in [-0.4, -0.2) is 19.9 Å². The van der Waals surface area contributed by atoms with Gasteiger partial charge in [-0.05, 0) is 12.5 Å². The van der Waals surface area contributed by atoms with Crippen LogP contribution in [0.15, 0.2) is 18.5 Å². The largest absolute Gasteiger partial charge is 0.427 e. The van der Waals surface area contributed by atoms with Crippen LogP contribution in [0.2, 0.25) is 0 Å². The predicted molar refractivity (Wildman–Crippen MR) is 57.1 cm³/mol. The van der Waals surface area contributed by atoms with E-state index in [1.54, 1.807) is 12.4 Å². The average molecular weight is 205 g/mol. The number of nitrogens with zero attached hydrogens (tertiary/aromatic N) is 3. The molecule has 4 nitrogen and oxygen atoms in total. The first kappa shape index (κ1) is 9.96. The van der Waals surface area contributed by atoms with E-state index in [0.717, 1.165) is 29.0 Å². The molecule has 0 amide bonds. The highest BCUT2D eigenvalue weighted by Gasteiger charge is 2.09. The van der Waals surface area contributed by atoms with E-state index in [-0.39, 0.29) is 0 Å². The molecule has 0 spiro atoms. The van der Waals surface area contributed by atoms with Crippen molar-refractivity contribution in [1.82, 2.24) is 14.7 Å². The van der Waals surface area contributed by atoms with Gasteiger partial charge in [0.15, 0.2) is 0 Å². The molecule has 2 aliphatic rings. The fourth-order valence-electron chi connectivity index (χ4n) is 1.62. The highest BCUT2D eigenvalue weighted by Crippen LogP contribution is 2.17. The first-order chi connectivity index (χ1) is 7.31. The smallest absolute Gasteiger partial charge is 0.145 e. The Bertz CT molecular complexity index is 411. The zero-order valence-electron chi connectivity index (χ0n) is 8.85. The van der Waals surface area contributed by atoms with Crippen molar-refractivity contribution in [2.24, 2.45) is 0 Å². The SMILES string of the molecule is CCCCCc1nc2ccnc-2cn1O. The van der Waals surface area contributed by atoms with Crippen LogP contribution in [0.25, 0.3) is 11.4 Å². The Kier molecular flexibility index (Phi) is 2.85. The van der Waals surface area contributed by atoms with Crippen molar-refractivity contribution in [3.63, 3.8) is 0 Å². The third-order valence-corrected chi connectivity index (χ3v) is 2.47. The highest BCUT2D eigenvalue weighted by molar-refractivity contribution is 5.54. The zero-order valence-corrected chi connectivity index (χ0v) is 8.85. The molecule has 0 radical (unpaired) electrons. The molecular weight excluding hydrogens is 190 g/mol. The molecule has 4 heteroatoms. The van der Waals surface area contributed by atoms with Crippen LogP contribution in [0.3, 0.4) is 0 Å². The lowest BCUT2D eigenvalue weighted by molar-refractivity contribution is 0.169. The van der Waals surface area contributed by atoms with Crippen LogP contribution in [-0.2, 0) is 6.42 Å². The Labute approximate surface area is 88.9 Å². The summed E-state index contributed by atoms with van der Waals surface area (Å²) >= 11 is 0. The quantitative estimate of drug-likeness (QED) is 0.615. The number of rotatable bonds is 4. The van der Waals surface area contributed by atoms with Crippen LogP contribution in [0.5, 0.6) is 0 Å². The van der Waals surface area contributed by atoms with Crippen molar-refractivity contribution in [2.45, 2.75) is 32.6 Å². The Hall–Kier alpha value is -1.58. The summed E-state index contributed by atoms with van der Waals surface area (Å²) in [5.41, 5.74) is 1.59. The Balaban J connectivity index is 2.19. The van der Waals surface area contributed by atoms with Crippen molar-refractivity contribution < 1.29 is 5.21 Å². The van der Waals surface area contributed by atoms with Gasteiger partial charge in [0.2, 0.25) is 0 Å². The van der Waals surface area contributed by atoms with E-state index in [9.17, 15) is 5.21 Å². The Morgan fingerprint density at radius 3 is 3.00 bits per heavy atom. The van der Waals surface area contributed by atoms with Crippen LogP contribution in [0.1, 0.15) is 32.0 Å². The lowest BCUT2D eigenvalue weighted by atomic mass is 10.2. The monoisotopic (exact) mass is 205 g/mol. The maximum absolute atomic E-state index is 9.64. The van der Waals surface area contributed by atoms with Gasteiger partial charge in [0.1, 0.15) is 11.5 Å². The molecular formula is C11H15N3O. The molecule has 0 aromatic carbocycles. The predicted octanol–water partition coefficient (Wildman–Crippen LogP) is 2.35. The van der Waals surface area contributed by atoms with Crippen LogP contribution in [0, 0.1) is 0 Å². The summed E-state index contributed by atoms with van der Waals surface area (Å²) < 4.78 is 1.09. The van der Waals surface area contributed by atoms with E-state index in [1.807, 2.05) is 6.07 Å². The molecule has 15 heavy (non-hydrogen) atoms. The summed E-state index contributed by atoms with van der Waals surface area (Å²) in [6.07, 6.45) is 7.52. The molecule has 0 saturated carbocycles. The molecule has 80 valence electrons. The molecule has 2 rings (SSSR count). The summed E-state index contributed by atoms with van der Waals surface area (Å²) in [6.45, 7) is 2.16. The minimum Gasteiger partial charge on any atom is -0.427 e. The van der Waals surface area contributed by atoms with Crippen LogP contribution < -0.4 is 0 Å². The van der Waals surface area contributed by atoms with Crippen molar-refractivity contribution >= 4 is 0 Å². The van der Waals surface area contributed by atoms with Gasteiger partial charge >= 0.3 is 0 Å². The topological polar surface area (TPSA) is 50.9 Å².